The van der Waals surface area contributed by atoms with Gasteiger partial charge in [0.25, 0.3) is 0 Å². The fraction of sp³-hybridized carbons (Fsp3) is 0.286. The lowest BCUT2D eigenvalue weighted by atomic mass is 10.2. The monoisotopic (exact) mass is 431 g/mol. The molecular formula is C21H21N9S. The molecule has 0 radical (unpaired) electrons. The normalized spacial score (nSPS) is 14.8. The quantitative estimate of drug-likeness (QED) is 0.455. The molecule has 0 bridgehead atoms. The number of nitrogens with zero attached hydrogens (tertiary/aromatic N) is 9. The second kappa shape index (κ2) is 8.02. The minimum Gasteiger partial charge on any atom is -0.352 e. The van der Waals surface area contributed by atoms with E-state index < -0.39 is 0 Å². The summed E-state index contributed by atoms with van der Waals surface area (Å²) >= 11 is 1.65. The molecule has 5 rings (SSSR count). The highest BCUT2D eigenvalue weighted by Gasteiger charge is 2.24. The largest absolute Gasteiger partial charge is 0.352 e. The minimum atomic E-state index is 0.712. The number of benzene rings is 1. The number of piperazine rings is 1. The summed E-state index contributed by atoms with van der Waals surface area (Å²) in [5.41, 5.74) is 3.28. The van der Waals surface area contributed by atoms with E-state index in [-0.39, 0.29) is 0 Å². The predicted octanol–water partition coefficient (Wildman–Crippen LogP) is 2.46. The Balaban J connectivity index is 1.37. The van der Waals surface area contributed by atoms with Gasteiger partial charge < -0.3 is 9.47 Å². The third-order valence-electron chi connectivity index (χ3n) is 5.37. The first kappa shape index (κ1) is 19.5. The summed E-state index contributed by atoms with van der Waals surface area (Å²) in [7, 11) is 3.86. The van der Waals surface area contributed by atoms with Crippen LogP contribution < -0.4 is 4.90 Å². The van der Waals surface area contributed by atoms with Gasteiger partial charge in [0, 0.05) is 51.4 Å². The molecule has 0 N–H and O–H groups in total. The van der Waals surface area contributed by atoms with Crippen molar-refractivity contribution in [2.24, 2.45) is 14.1 Å². The molecular weight excluding hydrogens is 410 g/mol. The maximum atomic E-state index is 9.33. The van der Waals surface area contributed by atoms with Crippen LogP contribution in [-0.4, -0.2) is 59.8 Å². The molecule has 1 aromatic carbocycles. The van der Waals surface area contributed by atoms with Gasteiger partial charge >= 0.3 is 0 Å². The summed E-state index contributed by atoms with van der Waals surface area (Å²) in [6.45, 7) is 3.37. The topological polar surface area (TPSA) is 91.7 Å². The van der Waals surface area contributed by atoms with Crippen molar-refractivity contribution in [1.82, 2.24) is 33.6 Å². The van der Waals surface area contributed by atoms with Gasteiger partial charge in [-0.3, -0.25) is 4.68 Å². The average Bonchev–Trinajstić information content (AvgIpc) is 3.38. The zero-order valence-corrected chi connectivity index (χ0v) is 18.1. The Kier molecular flexibility index (Phi) is 5.05. The number of nitriles is 1. The number of rotatable bonds is 4. The highest BCUT2D eigenvalue weighted by atomic mass is 32.2. The van der Waals surface area contributed by atoms with Gasteiger partial charge in [0.2, 0.25) is 0 Å². The van der Waals surface area contributed by atoms with Gasteiger partial charge in [0.15, 0.2) is 17.0 Å². The second-order valence-electron chi connectivity index (χ2n) is 7.38. The van der Waals surface area contributed by atoms with Crippen LogP contribution in [0, 0.1) is 11.3 Å². The summed E-state index contributed by atoms with van der Waals surface area (Å²) < 4.78 is 6.05. The Morgan fingerprint density at radius 3 is 2.61 bits per heavy atom. The standard InChI is InChI=1S/C21H21N9S/c1-27-13-16(12-25-27)19-26-18-20(28(19)2)23-14-24-21(18)29-7-9-30(10-8-29)31-17-6-4-3-5-15(17)11-22/h3-6,12-14H,7-10H2,1-2H3. The molecule has 4 heterocycles. The number of aromatic nitrogens is 6. The first-order valence-electron chi connectivity index (χ1n) is 9.97. The Morgan fingerprint density at radius 2 is 1.87 bits per heavy atom. The van der Waals surface area contributed by atoms with E-state index >= 15 is 0 Å². The highest BCUT2D eigenvalue weighted by molar-refractivity contribution is 7.97. The molecule has 1 saturated heterocycles. The van der Waals surface area contributed by atoms with Gasteiger partial charge in [-0.1, -0.05) is 12.1 Å². The first-order chi connectivity index (χ1) is 15.1. The van der Waals surface area contributed by atoms with Crippen LogP contribution in [0.2, 0.25) is 0 Å². The van der Waals surface area contributed by atoms with Crippen molar-refractivity contribution in [3.05, 3.63) is 48.5 Å². The lowest BCUT2D eigenvalue weighted by molar-refractivity contribution is 0.428. The van der Waals surface area contributed by atoms with Gasteiger partial charge in [-0.05, 0) is 24.1 Å². The summed E-state index contributed by atoms with van der Waals surface area (Å²) in [5, 5.41) is 13.6. The van der Waals surface area contributed by atoms with Gasteiger partial charge in [0.05, 0.1) is 17.3 Å². The third-order valence-corrected chi connectivity index (χ3v) is 6.55. The van der Waals surface area contributed by atoms with E-state index in [4.69, 9.17) is 4.98 Å². The van der Waals surface area contributed by atoms with Crippen LogP contribution in [0.25, 0.3) is 22.6 Å². The van der Waals surface area contributed by atoms with E-state index in [1.807, 2.05) is 55.3 Å². The van der Waals surface area contributed by atoms with E-state index in [1.165, 1.54) is 0 Å². The molecule has 31 heavy (non-hydrogen) atoms. The molecule has 0 spiro atoms. The fourth-order valence-corrected chi connectivity index (χ4v) is 4.76. The zero-order valence-electron chi connectivity index (χ0n) is 17.3. The van der Waals surface area contributed by atoms with Crippen LogP contribution in [0.4, 0.5) is 5.82 Å². The number of anilines is 1. The summed E-state index contributed by atoms with van der Waals surface area (Å²) in [4.78, 5) is 17.2. The van der Waals surface area contributed by atoms with E-state index in [1.54, 1.807) is 23.0 Å². The number of fused-ring (bicyclic) bond motifs is 1. The lowest BCUT2D eigenvalue weighted by Gasteiger charge is -2.34. The van der Waals surface area contributed by atoms with Crippen LogP contribution >= 0.6 is 11.9 Å². The molecule has 1 fully saturated rings. The fourth-order valence-electron chi connectivity index (χ4n) is 3.78. The van der Waals surface area contributed by atoms with Gasteiger partial charge in [0.1, 0.15) is 18.2 Å². The van der Waals surface area contributed by atoms with E-state index in [0.29, 0.717) is 5.56 Å². The molecule has 0 atom stereocenters. The molecule has 9 nitrogen and oxygen atoms in total. The van der Waals surface area contributed by atoms with Gasteiger partial charge in [-0.25, -0.2) is 19.3 Å². The van der Waals surface area contributed by atoms with E-state index in [9.17, 15) is 5.26 Å². The van der Waals surface area contributed by atoms with Gasteiger partial charge in [-0.2, -0.15) is 10.4 Å². The molecule has 0 unspecified atom stereocenters. The van der Waals surface area contributed by atoms with Crippen molar-refractivity contribution >= 4 is 28.9 Å². The molecule has 1 aliphatic rings. The number of hydrogen-bond donors (Lipinski definition) is 0. The molecule has 4 aromatic rings. The van der Waals surface area contributed by atoms with Crippen LogP contribution in [0.1, 0.15) is 5.56 Å². The van der Waals surface area contributed by atoms with E-state index in [0.717, 1.165) is 59.4 Å². The number of imidazole rings is 1. The third kappa shape index (κ3) is 3.62. The van der Waals surface area contributed by atoms with Crippen molar-refractivity contribution < 1.29 is 0 Å². The number of hydrogen-bond acceptors (Lipinski definition) is 8. The Morgan fingerprint density at radius 1 is 1.06 bits per heavy atom. The molecule has 1 aliphatic heterocycles. The van der Waals surface area contributed by atoms with Crippen molar-refractivity contribution in [1.29, 1.82) is 5.26 Å². The molecule has 156 valence electrons. The number of aryl methyl sites for hydroxylation is 2. The van der Waals surface area contributed by atoms with Crippen LogP contribution in [-0.2, 0) is 14.1 Å². The van der Waals surface area contributed by atoms with E-state index in [2.05, 4.69) is 30.3 Å². The molecule has 0 aliphatic carbocycles. The average molecular weight is 432 g/mol. The van der Waals surface area contributed by atoms with Crippen LogP contribution in [0.5, 0.6) is 0 Å². The molecule has 10 heteroatoms. The second-order valence-corrected chi connectivity index (χ2v) is 8.52. The Labute approximate surface area is 184 Å². The summed E-state index contributed by atoms with van der Waals surface area (Å²) in [6, 6.07) is 9.99. The molecule has 0 amide bonds. The Hall–Kier alpha value is -3.42. The Bertz CT molecular complexity index is 1280. The van der Waals surface area contributed by atoms with Crippen LogP contribution in [0.3, 0.4) is 0 Å². The minimum absolute atomic E-state index is 0.712. The van der Waals surface area contributed by atoms with Crippen molar-refractivity contribution in [2.75, 3.05) is 31.1 Å². The maximum Gasteiger partial charge on any atom is 0.165 e. The van der Waals surface area contributed by atoms with Crippen molar-refractivity contribution in [2.45, 2.75) is 4.90 Å². The lowest BCUT2D eigenvalue weighted by Crippen LogP contribution is -2.44. The zero-order chi connectivity index (χ0) is 21.4. The molecule has 3 aromatic heterocycles. The summed E-state index contributed by atoms with van der Waals surface area (Å²) in [5.74, 6) is 1.69. The smallest absolute Gasteiger partial charge is 0.165 e. The maximum absolute atomic E-state index is 9.33. The summed E-state index contributed by atoms with van der Waals surface area (Å²) in [6.07, 6.45) is 5.36. The predicted molar refractivity (Wildman–Crippen MR) is 119 cm³/mol. The van der Waals surface area contributed by atoms with Gasteiger partial charge in [-0.15, -0.1) is 0 Å². The SMILES string of the molecule is Cn1cc(-c2nc3c(N4CCN(Sc5ccccc5C#N)CC4)ncnc3n2C)cn1. The molecule has 0 saturated carbocycles. The van der Waals surface area contributed by atoms with Crippen molar-refractivity contribution in [3.63, 3.8) is 0 Å². The van der Waals surface area contributed by atoms with Crippen molar-refractivity contribution in [3.8, 4) is 17.5 Å². The van der Waals surface area contributed by atoms with Crippen LogP contribution in [0.15, 0.2) is 47.9 Å². The highest BCUT2D eigenvalue weighted by Crippen LogP contribution is 2.30. The first-order valence-corrected chi connectivity index (χ1v) is 10.7.